The van der Waals surface area contributed by atoms with Gasteiger partial charge in [0, 0.05) is 6.42 Å². The minimum absolute atomic E-state index is 0.0542. The average Bonchev–Trinajstić information content (AvgIpc) is 2.55. The van der Waals surface area contributed by atoms with Crippen molar-refractivity contribution in [2.45, 2.75) is 111 Å². The number of carbonyl (C=O) groups is 2. The highest BCUT2D eigenvalue weighted by atomic mass is 16.7. The monoisotopic (exact) mass is 434 g/mol. The second-order valence-electron chi connectivity index (χ2n) is 9.12. The van der Waals surface area contributed by atoms with Gasteiger partial charge in [-0.1, -0.05) is 0 Å². The number of hydrogen-bond donors (Lipinski definition) is 0. The van der Waals surface area contributed by atoms with E-state index in [1.807, 2.05) is 55.4 Å². The molecule has 8 nitrogen and oxygen atoms in total. The molecule has 0 amide bonds. The first kappa shape index (κ1) is 28.6. The molecular formula is C22H42O8. The summed E-state index contributed by atoms with van der Waals surface area (Å²) < 4.78 is 32.5. The van der Waals surface area contributed by atoms with Gasteiger partial charge in [-0.25, -0.2) is 9.59 Å². The summed E-state index contributed by atoms with van der Waals surface area (Å²) in [5.41, 5.74) is -1.89. The lowest BCUT2D eigenvalue weighted by Gasteiger charge is -2.34. The van der Waals surface area contributed by atoms with Gasteiger partial charge in [-0.2, -0.15) is 0 Å². The van der Waals surface area contributed by atoms with Gasteiger partial charge in [-0.3, -0.25) is 0 Å². The van der Waals surface area contributed by atoms with Crippen molar-refractivity contribution in [1.82, 2.24) is 0 Å². The van der Waals surface area contributed by atoms with E-state index in [9.17, 15) is 9.59 Å². The van der Waals surface area contributed by atoms with Crippen molar-refractivity contribution >= 4 is 12.1 Å². The molecule has 0 aromatic rings. The summed E-state index contributed by atoms with van der Waals surface area (Å²) in [5, 5.41) is 0. The lowest BCUT2D eigenvalue weighted by atomic mass is 10.0. The molecular weight excluding hydrogens is 392 g/mol. The van der Waals surface area contributed by atoms with E-state index in [1.54, 1.807) is 13.8 Å². The Labute approximate surface area is 181 Å². The Morgan fingerprint density at radius 1 is 0.733 bits per heavy atom. The second-order valence-corrected chi connectivity index (χ2v) is 9.12. The summed E-state index contributed by atoms with van der Waals surface area (Å²) >= 11 is 0. The van der Waals surface area contributed by atoms with Crippen molar-refractivity contribution in [3.05, 3.63) is 0 Å². The predicted octanol–water partition coefficient (Wildman–Crippen LogP) is 4.27. The van der Waals surface area contributed by atoms with E-state index in [0.717, 1.165) is 0 Å². The first-order valence-electron chi connectivity index (χ1n) is 10.6. The van der Waals surface area contributed by atoms with Crippen LogP contribution in [0.2, 0.25) is 0 Å². The lowest BCUT2D eigenvalue weighted by Crippen LogP contribution is -2.45. The molecule has 0 spiro atoms. The number of ether oxygens (including phenoxy) is 6. The summed E-state index contributed by atoms with van der Waals surface area (Å²) in [4.78, 5) is 24.1. The van der Waals surface area contributed by atoms with Gasteiger partial charge in [0.15, 0.2) is 5.60 Å². The summed E-state index contributed by atoms with van der Waals surface area (Å²) in [6.45, 7) is 18.6. The molecule has 2 atom stereocenters. The van der Waals surface area contributed by atoms with Crippen LogP contribution in [-0.4, -0.2) is 67.6 Å². The maximum atomic E-state index is 12.4. The largest absolute Gasteiger partial charge is 0.508 e. The fourth-order valence-corrected chi connectivity index (χ4v) is 2.77. The van der Waals surface area contributed by atoms with Gasteiger partial charge in [0.25, 0.3) is 0 Å². The van der Waals surface area contributed by atoms with Crippen LogP contribution in [0.4, 0.5) is 4.79 Å². The standard InChI is InChI=1S/C22H42O8/c1-15(2)28-17(5)13-26-19(23)22(9,10)30-21(7,8)11-12-25-20(24)27-14-18(6)29-16(3)4/h15-18H,11-14H2,1-10H3. The summed E-state index contributed by atoms with van der Waals surface area (Å²) in [5.74, 6) is -0.478. The van der Waals surface area contributed by atoms with Crippen LogP contribution in [0.5, 0.6) is 0 Å². The minimum atomic E-state index is -1.16. The molecule has 2 unspecified atom stereocenters. The van der Waals surface area contributed by atoms with Crippen molar-refractivity contribution < 1.29 is 38.0 Å². The van der Waals surface area contributed by atoms with Crippen LogP contribution < -0.4 is 0 Å². The molecule has 178 valence electrons. The van der Waals surface area contributed by atoms with Crippen LogP contribution in [0.15, 0.2) is 0 Å². The number of hydrogen-bond acceptors (Lipinski definition) is 8. The van der Waals surface area contributed by atoms with Crippen molar-refractivity contribution in [3.63, 3.8) is 0 Å². The highest BCUT2D eigenvalue weighted by molar-refractivity contribution is 5.78. The van der Waals surface area contributed by atoms with Crippen LogP contribution in [0, 0.1) is 0 Å². The molecule has 0 saturated heterocycles. The molecule has 0 N–H and O–H groups in total. The van der Waals surface area contributed by atoms with E-state index in [4.69, 9.17) is 28.4 Å². The molecule has 0 aliphatic rings. The van der Waals surface area contributed by atoms with Gasteiger partial charge < -0.3 is 28.4 Å². The Kier molecular flexibility index (Phi) is 12.5. The maximum absolute atomic E-state index is 12.4. The summed E-state index contributed by atoms with van der Waals surface area (Å²) in [6.07, 6.45) is -0.687. The molecule has 0 heterocycles. The maximum Gasteiger partial charge on any atom is 0.508 e. The molecule has 0 aliphatic carbocycles. The number of rotatable bonds is 14. The highest BCUT2D eigenvalue weighted by Crippen LogP contribution is 2.25. The molecule has 0 aromatic carbocycles. The quantitative estimate of drug-likeness (QED) is 0.374. The van der Waals surface area contributed by atoms with Crippen molar-refractivity contribution in [2.75, 3.05) is 19.8 Å². The van der Waals surface area contributed by atoms with E-state index in [1.165, 1.54) is 0 Å². The first-order chi connectivity index (χ1) is 13.6. The van der Waals surface area contributed by atoms with Gasteiger partial charge in [0.05, 0.1) is 36.6 Å². The topological polar surface area (TPSA) is 89.5 Å². The van der Waals surface area contributed by atoms with Gasteiger partial charge in [0.2, 0.25) is 0 Å². The van der Waals surface area contributed by atoms with E-state index in [-0.39, 0.29) is 44.2 Å². The van der Waals surface area contributed by atoms with Crippen LogP contribution in [0.25, 0.3) is 0 Å². The normalized spacial score (nSPS) is 14.5. The molecule has 0 rings (SSSR count). The van der Waals surface area contributed by atoms with Crippen LogP contribution in [0.1, 0.15) is 75.7 Å². The molecule has 0 aromatic heterocycles. The molecule has 0 aliphatic heterocycles. The Balaban J connectivity index is 4.35. The first-order valence-corrected chi connectivity index (χ1v) is 10.6. The van der Waals surface area contributed by atoms with Crippen molar-refractivity contribution in [3.8, 4) is 0 Å². The van der Waals surface area contributed by atoms with E-state index in [2.05, 4.69) is 0 Å². The molecule has 8 heteroatoms. The lowest BCUT2D eigenvalue weighted by molar-refractivity contribution is -0.190. The van der Waals surface area contributed by atoms with E-state index < -0.39 is 23.3 Å². The second kappa shape index (κ2) is 13.1. The Morgan fingerprint density at radius 3 is 1.67 bits per heavy atom. The Bertz CT molecular complexity index is 513. The molecule has 0 fully saturated rings. The SMILES string of the molecule is CC(C)OC(C)COC(=O)OCCC(C)(C)OC(C)(C)C(=O)OCC(C)OC(C)C. The van der Waals surface area contributed by atoms with E-state index >= 15 is 0 Å². The Hall–Kier alpha value is -1.38. The molecule has 0 radical (unpaired) electrons. The predicted molar refractivity (Wildman–Crippen MR) is 113 cm³/mol. The fraction of sp³-hybridized carbons (Fsp3) is 0.909. The molecule has 0 bridgehead atoms. The molecule has 30 heavy (non-hydrogen) atoms. The molecule has 0 saturated carbocycles. The van der Waals surface area contributed by atoms with Gasteiger partial charge >= 0.3 is 12.1 Å². The van der Waals surface area contributed by atoms with Crippen molar-refractivity contribution in [2.24, 2.45) is 0 Å². The fourth-order valence-electron chi connectivity index (χ4n) is 2.77. The van der Waals surface area contributed by atoms with E-state index in [0.29, 0.717) is 6.42 Å². The highest BCUT2D eigenvalue weighted by Gasteiger charge is 2.37. The van der Waals surface area contributed by atoms with Crippen LogP contribution in [-0.2, 0) is 33.2 Å². The zero-order chi connectivity index (χ0) is 23.5. The van der Waals surface area contributed by atoms with Crippen LogP contribution in [0.3, 0.4) is 0 Å². The summed E-state index contributed by atoms with van der Waals surface area (Å²) in [6, 6.07) is 0. The minimum Gasteiger partial charge on any atom is -0.461 e. The smallest absolute Gasteiger partial charge is 0.461 e. The van der Waals surface area contributed by atoms with Crippen molar-refractivity contribution in [1.29, 1.82) is 0 Å². The average molecular weight is 435 g/mol. The van der Waals surface area contributed by atoms with Gasteiger partial charge in [-0.05, 0) is 69.2 Å². The van der Waals surface area contributed by atoms with Crippen LogP contribution >= 0.6 is 0 Å². The number of carbonyl (C=O) groups excluding carboxylic acids is 2. The summed E-state index contributed by atoms with van der Waals surface area (Å²) in [7, 11) is 0. The van der Waals surface area contributed by atoms with Gasteiger partial charge in [0.1, 0.15) is 13.2 Å². The third-order valence-corrected chi connectivity index (χ3v) is 3.84. The number of esters is 1. The third-order valence-electron chi connectivity index (χ3n) is 3.84. The zero-order valence-corrected chi connectivity index (χ0v) is 20.4. The Morgan fingerprint density at radius 2 is 1.20 bits per heavy atom. The zero-order valence-electron chi connectivity index (χ0n) is 20.4. The van der Waals surface area contributed by atoms with Gasteiger partial charge in [-0.15, -0.1) is 0 Å². The third kappa shape index (κ3) is 13.8.